The number of esters is 1. The van der Waals surface area contributed by atoms with E-state index in [9.17, 15) is 4.79 Å². The number of nitrogens with one attached hydrogen (secondary N) is 1. The number of halogens is 1. The van der Waals surface area contributed by atoms with Crippen molar-refractivity contribution in [2.45, 2.75) is 19.4 Å². The van der Waals surface area contributed by atoms with Gasteiger partial charge < -0.3 is 10.1 Å². The SMILES string of the molecule is CCC(Nc1ccc(C#N)cc1Cl)C(=O)OC. The summed E-state index contributed by atoms with van der Waals surface area (Å²) in [5, 5.41) is 12.1. The Morgan fingerprint density at radius 1 is 1.65 bits per heavy atom. The smallest absolute Gasteiger partial charge is 0.328 e. The molecule has 0 saturated heterocycles. The minimum Gasteiger partial charge on any atom is -0.467 e. The highest BCUT2D eigenvalue weighted by Gasteiger charge is 2.17. The monoisotopic (exact) mass is 252 g/mol. The van der Waals surface area contributed by atoms with Crippen molar-refractivity contribution in [2.75, 3.05) is 12.4 Å². The van der Waals surface area contributed by atoms with Gasteiger partial charge in [-0.15, -0.1) is 0 Å². The highest BCUT2D eigenvalue weighted by atomic mass is 35.5. The lowest BCUT2D eigenvalue weighted by atomic mass is 10.2. The minimum atomic E-state index is -0.439. The molecule has 17 heavy (non-hydrogen) atoms. The summed E-state index contributed by atoms with van der Waals surface area (Å²) in [6.07, 6.45) is 0.586. The molecule has 0 radical (unpaired) electrons. The van der Waals surface area contributed by atoms with E-state index in [2.05, 4.69) is 10.1 Å². The van der Waals surface area contributed by atoms with Crippen LogP contribution in [0.25, 0.3) is 0 Å². The van der Waals surface area contributed by atoms with Crippen LogP contribution in [0.15, 0.2) is 18.2 Å². The van der Waals surface area contributed by atoms with Gasteiger partial charge in [0.05, 0.1) is 29.5 Å². The second-order valence-corrected chi connectivity index (χ2v) is 3.84. The summed E-state index contributed by atoms with van der Waals surface area (Å²) in [4.78, 5) is 11.4. The normalized spacial score (nSPS) is 11.4. The fraction of sp³-hybridized carbons (Fsp3) is 0.333. The first-order valence-electron chi connectivity index (χ1n) is 5.16. The molecule has 1 atom stereocenters. The van der Waals surface area contributed by atoms with Crippen molar-refractivity contribution in [3.05, 3.63) is 28.8 Å². The van der Waals surface area contributed by atoms with E-state index in [1.54, 1.807) is 18.2 Å². The third kappa shape index (κ3) is 3.36. The average molecular weight is 253 g/mol. The summed E-state index contributed by atoms with van der Waals surface area (Å²) in [5.41, 5.74) is 1.09. The van der Waals surface area contributed by atoms with Crippen LogP contribution in [0.2, 0.25) is 5.02 Å². The molecular weight excluding hydrogens is 240 g/mol. The van der Waals surface area contributed by atoms with Crippen LogP contribution in [0.1, 0.15) is 18.9 Å². The maximum Gasteiger partial charge on any atom is 0.328 e. The van der Waals surface area contributed by atoms with Gasteiger partial charge in [-0.3, -0.25) is 0 Å². The van der Waals surface area contributed by atoms with Gasteiger partial charge in [-0.25, -0.2) is 4.79 Å². The molecule has 0 bridgehead atoms. The van der Waals surface area contributed by atoms with Crippen molar-refractivity contribution in [3.8, 4) is 6.07 Å². The first-order valence-corrected chi connectivity index (χ1v) is 5.54. The second-order valence-electron chi connectivity index (χ2n) is 3.43. The van der Waals surface area contributed by atoms with Gasteiger partial charge in [0.15, 0.2) is 0 Å². The fourth-order valence-corrected chi connectivity index (χ4v) is 1.59. The van der Waals surface area contributed by atoms with E-state index in [0.29, 0.717) is 22.7 Å². The number of benzene rings is 1. The highest BCUT2D eigenvalue weighted by molar-refractivity contribution is 6.33. The maximum atomic E-state index is 11.4. The number of hydrogen-bond donors (Lipinski definition) is 1. The van der Waals surface area contributed by atoms with E-state index in [4.69, 9.17) is 16.9 Å². The van der Waals surface area contributed by atoms with Crippen LogP contribution in [-0.4, -0.2) is 19.1 Å². The van der Waals surface area contributed by atoms with Crippen molar-refractivity contribution in [3.63, 3.8) is 0 Å². The maximum absolute atomic E-state index is 11.4. The molecule has 90 valence electrons. The summed E-state index contributed by atoms with van der Waals surface area (Å²) in [6, 6.07) is 6.41. The molecule has 0 aromatic heterocycles. The molecule has 1 rings (SSSR count). The highest BCUT2D eigenvalue weighted by Crippen LogP contribution is 2.24. The summed E-state index contributed by atoms with van der Waals surface area (Å²) >= 11 is 5.99. The predicted octanol–water partition coefficient (Wildman–Crippen LogP) is 2.58. The zero-order valence-electron chi connectivity index (χ0n) is 9.66. The largest absolute Gasteiger partial charge is 0.467 e. The molecule has 0 aliphatic carbocycles. The lowest BCUT2D eigenvalue weighted by Crippen LogP contribution is -2.29. The minimum absolute atomic E-state index is 0.340. The Morgan fingerprint density at radius 2 is 2.35 bits per heavy atom. The van der Waals surface area contributed by atoms with Gasteiger partial charge in [0.2, 0.25) is 0 Å². The summed E-state index contributed by atoms with van der Waals surface area (Å²) in [7, 11) is 1.34. The average Bonchev–Trinajstić information content (AvgIpc) is 2.36. The molecule has 1 aromatic carbocycles. The van der Waals surface area contributed by atoms with Gasteiger partial charge in [-0.05, 0) is 24.6 Å². The van der Waals surface area contributed by atoms with Crippen LogP contribution in [-0.2, 0) is 9.53 Å². The van der Waals surface area contributed by atoms with E-state index >= 15 is 0 Å². The Balaban J connectivity index is 2.87. The van der Waals surface area contributed by atoms with Crippen molar-refractivity contribution < 1.29 is 9.53 Å². The van der Waals surface area contributed by atoms with Gasteiger partial charge in [-0.2, -0.15) is 5.26 Å². The van der Waals surface area contributed by atoms with E-state index in [0.717, 1.165) is 0 Å². The van der Waals surface area contributed by atoms with Crippen LogP contribution in [0.4, 0.5) is 5.69 Å². The zero-order valence-corrected chi connectivity index (χ0v) is 10.4. The number of methoxy groups -OCH3 is 1. The Labute approximate surface area is 105 Å². The van der Waals surface area contributed by atoms with Gasteiger partial charge in [0.25, 0.3) is 0 Å². The third-order valence-corrected chi connectivity index (χ3v) is 2.63. The summed E-state index contributed by atoms with van der Waals surface area (Å²) in [6.45, 7) is 1.87. The van der Waals surface area contributed by atoms with Crippen LogP contribution in [0, 0.1) is 11.3 Å². The molecule has 0 heterocycles. The molecule has 5 heteroatoms. The Bertz CT molecular complexity index is 454. The van der Waals surface area contributed by atoms with Crippen LogP contribution in [0.3, 0.4) is 0 Å². The number of ether oxygens (including phenoxy) is 1. The lowest BCUT2D eigenvalue weighted by Gasteiger charge is -2.16. The third-order valence-electron chi connectivity index (χ3n) is 2.32. The number of rotatable bonds is 4. The van der Waals surface area contributed by atoms with Gasteiger partial charge >= 0.3 is 5.97 Å². The quantitative estimate of drug-likeness (QED) is 0.837. The number of nitriles is 1. The molecule has 0 saturated carbocycles. The van der Waals surface area contributed by atoms with Crippen molar-refractivity contribution in [1.82, 2.24) is 0 Å². The van der Waals surface area contributed by atoms with E-state index in [-0.39, 0.29) is 5.97 Å². The molecule has 0 fully saturated rings. The number of nitrogens with zero attached hydrogens (tertiary/aromatic N) is 1. The molecule has 1 N–H and O–H groups in total. The van der Waals surface area contributed by atoms with E-state index in [1.807, 2.05) is 13.0 Å². The van der Waals surface area contributed by atoms with Crippen LogP contribution < -0.4 is 5.32 Å². The topological polar surface area (TPSA) is 62.1 Å². The number of anilines is 1. The second kappa shape index (κ2) is 6.12. The molecule has 4 nitrogen and oxygen atoms in total. The van der Waals surface area contributed by atoms with Crippen molar-refractivity contribution >= 4 is 23.3 Å². The van der Waals surface area contributed by atoms with Gasteiger partial charge in [0.1, 0.15) is 6.04 Å². The molecule has 0 aliphatic heterocycles. The molecule has 0 amide bonds. The first-order chi connectivity index (χ1) is 8.12. The standard InChI is InChI=1S/C12H13ClN2O2/c1-3-10(12(16)17-2)15-11-5-4-8(7-14)6-9(11)13/h4-6,10,15H,3H2,1-2H3. The first kappa shape index (κ1) is 13.3. The zero-order chi connectivity index (χ0) is 12.8. The summed E-state index contributed by atoms with van der Waals surface area (Å²) < 4.78 is 4.66. The fourth-order valence-electron chi connectivity index (χ4n) is 1.36. The molecular formula is C12H13ClN2O2. The number of carbonyl (C=O) groups is 1. The molecule has 1 aromatic rings. The van der Waals surface area contributed by atoms with Crippen molar-refractivity contribution in [2.24, 2.45) is 0 Å². The van der Waals surface area contributed by atoms with Crippen molar-refractivity contribution in [1.29, 1.82) is 5.26 Å². The Kier molecular flexibility index (Phi) is 4.80. The van der Waals surface area contributed by atoms with Gasteiger partial charge in [-0.1, -0.05) is 18.5 Å². The Morgan fingerprint density at radius 3 is 2.82 bits per heavy atom. The van der Waals surface area contributed by atoms with Gasteiger partial charge in [0, 0.05) is 0 Å². The summed E-state index contributed by atoms with van der Waals surface area (Å²) in [5.74, 6) is -0.340. The van der Waals surface area contributed by atoms with E-state index < -0.39 is 6.04 Å². The van der Waals surface area contributed by atoms with E-state index in [1.165, 1.54) is 7.11 Å². The predicted molar refractivity (Wildman–Crippen MR) is 65.9 cm³/mol. The van der Waals surface area contributed by atoms with Crippen LogP contribution in [0.5, 0.6) is 0 Å². The number of hydrogen-bond acceptors (Lipinski definition) is 4. The molecule has 0 aliphatic rings. The molecule has 1 unspecified atom stereocenters. The molecule has 0 spiro atoms. The lowest BCUT2D eigenvalue weighted by molar-refractivity contribution is -0.141. The number of carbonyl (C=O) groups excluding carboxylic acids is 1. The van der Waals surface area contributed by atoms with Crippen LogP contribution >= 0.6 is 11.6 Å². The Hall–Kier alpha value is -1.73.